The normalized spacial score (nSPS) is 39.0. The maximum Gasteiger partial charge on any atom is 0.303 e. The molecule has 0 aromatic rings. The van der Waals surface area contributed by atoms with Crippen LogP contribution in [-0.4, -0.2) is 110 Å². The zero-order valence-corrected chi connectivity index (χ0v) is 24.4. The Labute approximate surface area is 237 Å². The van der Waals surface area contributed by atoms with Gasteiger partial charge in [0.2, 0.25) is 5.91 Å². The van der Waals surface area contributed by atoms with Crippen LogP contribution in [0.4, 0.5) is 0 Å². The number of carbonyl (C=O) groups excluding carboxylic acids is 4. The summed E-state index contributed by atoms with van der Waals surface area (Å²) in [7, 11) is 0. The lowest BCUT2D eigenvalue weighted by Crippen LogP contribution is -2.67. The van der Waals surface area contributed by atoms with E-state index in [0.29, 0.717) is 0 Å². The van der Waals surface area contributed by atoms with Crippen LogP contribution in [0.2, 0.25) is 0 Å². The van der Waals surface area contributed by atoms with Gasteiger partial charge in [-0.25, -0.2) is 0 Å². The van der Waals surface area contributed by atoms with Gasteiger partial charge >= 0.3 is 17.9 Å². The number of amides is 1. The molecule has 4 rings (SSSR count). The molecule has 0 saturated carbocycles. The third-order valence-corrected chi connectivity index (χ3v) is 6.79. The van der Waals surface area contributed by atoms with Crippen LogP contribution in [-0.2, 0) is 66.5 Å². The van der Waals surface area contributed by atoms with Crippen LogP contribution in [0.5, 0.6) is 0 Å². The predicted octanol–water partition coefficient (Wildman–Crippen LogP) is 0.0556. The fourth-order valence-corrected chi connectivity index (χ4v) is 5.40. The maximum absolute atomic E-state index is 12.3. The summed E-state index contributed by atoms with van der Waals surface area (Å²) in [6.07, 6.45) is -8.77. The molecule has 1 N–H and O–H groups in total. The molecule has 4 aliphatic rings. The molecular weight excluding hydrogens is 550 g/mol. The Bertz CT molecular complexity index is 1020. The minimum absolute atomic E-state index is 0.195. The minimum Gasteiger partial charge on any atom is -0.463 e. The van der Waals surface area contributed by atoms with Gasteiger partial charge in [0.05, 0.1) is 6.61 Å². The molecule has 4 fully saturated rings. The molecule has 4 heterocycles. The lowest BCUT2D eigenvalue weighted by molar-refractivity contribution is -0.305. The standard InChI is InChI=1S/C26H39NO14/c1-11(28)27-17-20(35-14(4)31)18(34-13(3)30)15(9-32-12(2)29)36-23(17)38-21-19(16-10-33-25(5,6)39-16)37-24-22(21)40-26(7,8)41-24/h15-24H,9-10H2,1-8H3,(H,27,28)/t15-,16-,17-,18-,19-,20-,21+,22-,23+,24-/m1/s1. The average Bonchev–Trinajstić information content (AvgIpc) is 3.44. The molecule has 0 bridgehead atoms. The zero-order chi connectivity index (χ0) is 30.3. The van der Waals surface area contributed by atoms with E-state index in [1.165, 1.54) is 20.8 Å². The van der Waals surface area contributed by atoms with Gasteiger partial charge in [0.15, 0.2) is 36.4 Å². The Kier molecular flexibility index (Phi) is 9.28. The summed E-state index contributed by atoms with van der Waals surface area (Å²) < 4.78 is 58.9. The van der Waals surface area contributed by atoms with E-state index in [1.54, 1.807) is 27.7 Å². The number of esters is 3. The summed E-state index contributed by atoms with van der Waals surface area (Å²) in [5, 5.41) is 2.69. The van der Waals surface area contributed by atoms with Crippen molar-refractivity contribution >= 4 is 23.8 Å². The maximum atomic E-state index is 12.3. The zero-order valence-electron chi connectivity index (χ0n) is 24.4. The highest BCUT2D eigenvalue weighted by Gasteiger charge is 2.61. The molecule has 0 unspecified atom stereocenters. The number of nitrogens with one attached hydrogen (secondary N) is 1. The molecule has 4 aliphatic heterocycles. The minimum atomic E-state index is -1.33. The summed E-state index contributed by atoms with van der Waals surface area (Å²) in [6, 6.07) is -1.17. The van der Waals surface area contributed by atoms with Gasteiger partial charge in [0.25, 0.3) is 0 Å². The number of rotatable bonds is 8. The van der Waals surface area contributed by atoms with Crippen molar-refractivity contribution in [3.8, 4) is 0 Å². The number of carbonyl (C=O) groups is 4. The van der Waals surface area contributed by atoms with Gasteiger partial charge in [-0.15, -0.1) is 0 Å². The van der Waals surface area contributed by atoms with Gasteiger partial charge in [-0.2, -0.15) is 0 Å². The molecule has 1 amide bonds. The van der Waals surface area contributed by atoms with Gasteiger partial charge in [-0.3, -0.25) is 19.2 Å². The van der Waals surface area contributed by atoms with E-state index in [9.17, 15) is 19.2 Å². The van der Waals surface area contributed by atoms with E-state index in [2.05, 4.69) is 5.32 Å². The van der Waals surface area contributed by atoms with Crippen molar-refractivity contribution in [1.82, 2.24) is 5.32 Å². The Hall–Kier alpha value is -2.40. The second-order valence-electron chi connectivity index (χ2n) is 11.3. The van der Waals surface area contributed by atoms with Crippen molar-refractivity contribution in [2.45, 2.75) is 128 Å². The van der Waals surface area contributed by atoms with Crippen LogP contribution in [0.15, 0.2) is 0 Å². The summed E-state index contributed by atoms with van der Waals surface area (Å²) in [5.41, 5.74) is 0. The average molecular weight is 590 g/mol. The molecule has 232 valence electrons. The number of fused-ring (bicyclic) bond motifs is 1. The lowest BCUT2D eigenvalue weighted by atomic mass is 9.95. The van der Waals surface area contributed by atoms with Gasteiger partial charge < -0.3 is 52.7 Å². The molecule has 10 atom stereocenters. The Morgan fingerprint density at radius 2 is 1.44 bits per heavy atom. The quantitative estimate of drug-likeness (QED) is 0.297. The number of hydrogen-bond donors (Lipinski definition) is 1. The summed E-state index contributed by atoms with van der Waals surface area (Å²) in [4.78, 5) is 48.2. The molecule has 0 radical (unpaired) electrons. The molecule has 41 heavy (non-hydrogen) atoms. The first kappa shape index (κ1) is 31.5. The Balaban J connectivity index is 1.69. The van der Waals surface area contributed by atoms with Gasteiger partial charge in [-0.1, -0.05) is 0 Å². The van der Waals surface area contributed by atoms with Crippen LogP contribution in [0.3, 0.4) is 0 Å². The fraction of sp³-hybridized carbons (Fsp3) is 0.846. The molecular formula is C26H39NO14. The third-order valence-electron chi connectivity index (χ3n) is 6.79. The highest BCUT2D eigenvalue weighted by atomic mass is 16.9. The topological polar surface area (TPSA) is 173 Å². The third kappa shape index (κ3) is 7.52. The van der Waals surface area contributed by atoms with Crippen molar-refractivity contribution in [3.05, 3.63) is 0 Å². The molecule has 15 heteroatoms. The largest absolute Gasteiger partial charge is 0.463 e. The molecule has 0 aliphatic carbocycles. The molecule has 0 aromatic heterocycles. The van der Waals surface area contributed by atoms with E-state index in [0.717, 1.165) is 6.92 Å². The van der Waals surface area contributed by atoms with Crippen LogP contribution in [0.25, 0.3) is 0 Å². The van der Waals surface area contributed by atoms with Crippen molar-refractivity contribution in [3.63, 3.8) is 0 Å². The SMILES string of the molecule is CC(=O)N[C@H]1[C@H](O[C@@H]2[C@H]3OC(C)(C)O[C@H]3O[C@@H]2[C@H]2COC(C)(C)O2)O[C@H](COC(C)=O)[C@@H](OC(C)=O)[C@@H]1OC(C)=O. The summed E-state index contributed by atoms with van der Waals surface area (Å²) in [6.45, 7) is 11.6. The van der Waals surface area contributed by atoms with Crippen molar-refractivity contribution in [2.75, 3.05) is 13.2 Å². The first-order valence-electron chi connectivity index (χ1n) is 13.4. The monoisotopic (exact) mass is 589 g/mol. The van der Waals surface area contributed by atoms with Crippen molar-refractivity contribution in [2.24, 2.45) is 0 Å². The van der Waals surface area contributed by atoms with E-state index in [4.69, 9.17) is 47.4 Å². The van der Waals surface area contributed by atoms with E-state index >= 15 is 0 Å². The van der Waals surface area contributed by atoms with E-state index < -0.39 is 96.7 Å². The lowest BCUT2D eigenvalue weighted by Gasteiger charge is -2.46. The smallest absolute Gasteiger partial charge is 0.303 e. The van der Waals surface area contributed by atoms with Gasteiger partial charge in [0.1, 0.15) is 43.2 Å². The van der Waals surface area contributed by atoms with Gasteiger partial charge in [0, 0.05) is 27.7 Å². The predicted molar refractivity (Wildman–Crippen MR) is 132 cm³/mol. The number of hydrogen-bond acceptors (Lipinski definition) is 14. The van der Waals surface area contributed by atoms with Crippen molar-refractivity contribution in [1.29, 1.82) is 0 Å². The fourth-order valence-electron chi connectivity index (χ4n) is 5.40. The number of ether oxygens (including phenoxy) is 10. The first-order valence-corrected chi connectivity index (χ1v) is 13.4. The molecule has 4 saturated heterocycles. The second kappa shape index (κ2) is 12.1. The van der Waals surface area contributed by atoms with E-state index in [-0.39, 0.29) is 13.2 Å². The van der Waals surface area contributed by atoms with E-state index in [1.807, 2.05) is 0 Å². The first-order chi connectivity index (χ1) is 19.0. The molecule has 0 aromatic carbocycles. The second-order valence-corrected chi connectivity index (χ2v) is 11.3. The summed E-state index contributed by atoms with van der Waals surface area (Å²) in [5.74, 6) is -4.41. The summed E-state index contributed by atoms with van der Waals surface area (Å²) >= 11 is 0. The van der Waals surface area contributed by atoms with Gasteiger partial charge in [-0.05, 0) is 27.7 Å². The van der Waals surface area contributed by atoms with Crippen molar-refractivity contribution < 1.29 is 66.5 Å². The van der Waals surface area contributed by atoms with Crippen LogP contribution >= 0.6 is 0 Å². The van der Waals surface area contributed by atoms with Crippen LogP contribution < -0.4 is 5.32 Å². The molecule has 0 spiro atoms. The molecule has 15 nitrogen and oxygen atoms in total. The highest BCUT2D eigenvalue weighted by molar-refractivity contribution is 5.73. The Morgan fingerprint density at radius 1 is 0.780 bits per heavy atom. The van der Waals surface area contributed by atoms with Crippen LogP contribution in [0, 0.1) is 0 Å². The van der Waals surface area contributed by atoms with Crippen LogP contribution in [0.1, 0.15) is 55.4 Å². The highest BCUT2D eigenvalue weighted by Crippen LogP contribution is 2.43. The Morgan fingerprint density at radius 3 is 2.00 bits per heavy atom.